The summed E-state index contributed by atoms with van der Waals surface area (Å²) in [5.74, 6) is 1.25. The summed E-state index contributed by atoms with van der Waals surface area (Å²) in [5, 5.41) is 0. The number of benzene rings is 1. The SMILES string of the molecule is COc1cccc(CN2CCCC(c3ccnc(C)n3)C2)c1F. The Morgan fingerprint density at radius 3 is 3.00 bits per heavy atom. The number of nitrogens with zero attached hydrogens (tertiary/aromatic N) is 3. The molecule has 1 aliphatic heterocycles. The maximum Gasteiger partial charge on any atom is 0.169 e. The van der Waals surface area contributed by atoms with Gasteiger partial charge in [0.1, 0.15) is 5.82 Å². The Balaban J connectivity index is 1.72. The zero-order valence-electron chi connectivity index (χ0n) is 13.6. The summed E-state index contributed by atoms with van der Waals surface area (Å²) in [6.45, 7) is 4.39. The van der Waals surface area contributed by atoms with E-state index in [1.165, 1.54) is 7.11 Å². The van der Waals surface area contributed by atoms with Gasteiger partial charge in [-0.25, -0.2) is 14.4 Å². The van der Waals surface area contributed by atoms with Crippen molar-refractivity contribution < 1.29 is 9.13 Å². The van der Waals surface area contributed by atoms with Crippen LogP contribution in [-0.2, 0) is 6.54 Å². The first-order valence-corrected chi connectivity index (χ1v) is 8.00. The minimum absolute atomic E-state index is 0.255. The van der Waals surface area contributed by atoms with Crippen molar-refractivity contribution in [2.75, 3.05) is 20.2 Å². The number of halogens is 1. The Bertz CT molecular complexity index is 677. The van der Waals surface area contributed by atoms with E-state index in [1.807, 2.05) is 31.3 Å². The summed E-state index contributed by atoms with van der Waals surface area (Å²) < 4.78 is 19.4. The number of aryl methyl sites for hydroxylation is 1. The number of hydrogen-bond acceptors (Lipinski definition) is 4. The highest BCUT2D eigenvalue weighted by Crippen LogP contribution is 2.28. The molecule has 1 fully saturated rings. The second-order valence-electron chi connectivity index (χ2n) is 6.04. The maximum absolute atomic E-state index is 14.3. The number of piperidine rings is 1. The Morgan fingerprint density at radius 2 is 2.22 bits per heavy atom. The molecule has 122 valence electrons. The van der Waals surface area contributed by atoms with E-state index in [9.17, 15) is 4.39 Å². The van der Waals surface area contributed by atoms with E-state index in [-0.39, 0.29) is 5.82 Å². The first-order chi connectivity index (χ1) is 11.2. The molecule has 1 saturated heterocycles. The van der Waals surface area contributed by atoms with Crippen molar-refractivity contribution in [2.45, 2.75) is 32.2 Å². The van der Waals surface area contributed by atoms with Crippen LogP contribution in [0.4, 0.5) is 4.39 Å². The van der Waals surface area contributed by atoms with E-state index in [1.54, 1.807) is 6.07 Å². The fraction of sp³-hybridized carbons (Fsp3) is 0.444. The molecule has 1 atom stereocenters. The molecular weight excluding hydrogens is 293 g/mol. The fourth-order valence-corrected chi connectivity index (χ4v) is 3.22. The number of rotatable bonds is 4. The highest BCUT2D eigenvalue weighted by atomic mass is 19.1. The minimum Gasteiger partial charge on any atom is -0.494 e. The minimum atomic E-state index is -0.255. The van der Waals surface area contributed by atoms with Gasteiger partial charge in [0.25, 0.3) is 0 Å². The van der Waals surface area contributed by atoms with Gasteiger partial charge in [-0.2, -0.15) is 0 Å². The Hall–Kier alpha value is -2.01. The van der Waals surface area contributed by atoms with Crippen LogP contribution in [-0.4, -0.2) is 35.1 Å². The average molecular weight is 315 g/mol. The summed E-state index contributed by atoms with van der Waals surface area (Å²) in [7, 11) is 1.50. The predicted molar refractivity (Wildman–Crippen MR) is 87.0 cm³/mol. The first kappa shape index (κ1) is 15.9. The van der Waals surface area contributed by atoms with Gasteiger partial charge in [0, 0.05) is 36.5 Å². The lowest BCUT2D eigenvalue weighted by atomic mass is 9.94. The third-order valence-corrected chi connectivity index (χ3v) is 4.38. The van der Waals surface area contributed by atoms with Crippen molar-refractivity contribution in [2.24, 2.45) is 0 Å². The van der Waals surface area contributed by atoms with Crippen LogP contribution in [0.1, 0.15) is 35.8 Å². The van der Waals surface area contributed by atoms with Crippen LogP contribution >= 0.6 is 0 Å². The molecule has 0 bridgehead atoms. The van der Waals surface area contributed by atoms with Gasteiger partial charge in [-0.1, -0.05) is 12.1 Å². The Morgan fingerprint density at radius 1 is 1.35 bits per heavy atom. The highest BCUT2D eigenvalue weighted by molar-refractivity contribution is 5.31. The second kappa shape index (κ2) is 7.04. The zero-order valence-corrected chi connectivity index (χ0v) is 13.6. The number of likely N-dealkylation sites (tertiary alicyclic amines) is 1. The quantitative estimate of drug-likeness (QED) is 0.867. The standard InChI is InChI=1S/C18H22FN3O/c1-13-20-9-8-16(21-13)14-6-4-10-22(11-14)12-15-5-3-7-17(23-2)18(15)19/h3,5,7-9,14H,4,6,10-12H2,1-2H3. The van der Waals surface area contributed by atoms with Gasteiger partial charge in [-0.3, -0.25) is 4.90 Å². The number of aromatic nitrogens is 2. The molecule has 1 aliphatic rings. The molecule has 2 heterocycles. The molecule has 1 unspecified atom stereocenters. The monoisotopic (exact) mass is 315 g/mol. The Kier molecular flexibility index (Phi) is 4.86. The van der Waals surface area contributed by atoms with Crippen molar-refractivity contribution >= 4 is 0 Å². The van der Waals surface area contributed by atoms with Gasteiger partial charge in [0.15, 0.2) is 11.6 Å². The van der Waals surface area contributed by atoms with E-state index < -0.39 is 0 Å². The van der Waals surface area contributed by atoms with Crippen LogP contribution < -0.4 is 4.74 Å². The summed E-state index contributed by atoms with van der Waals surface area (Å²) in [5.41, 5.74) is 1.78. The highest BCUT2D eigenvalue weighted by Gasteiger charge is 2.23. The van der Waals surface area contributed by atoms with Crippen LogP contribution in [0.3, 0.4) is 0 Å². The van der Waals surface area contributed by atoms with Crippen molar-refractivity contribution in [1.29, 1.82) is 0 Å². The van der Waals surface area contributed by atoms with Crippen LogP contribution in [0.2, 0.25) is 0 Å². The molecule has 4 nitrogen and oxygen atoms in total. The molecule has 0 amide bonds. The molecule has 1 aromatic heterocycles. The van der Waals surface area contributed by atoms with E-state index in [4.69, 9.17) is 4.74 Å². The van der Waals surface area contributed by atoms with Crippen molar-refractivity contribution in [1.82, 2.24) is 14.9 Å². The number of methoxy groups -OCH3 is 1. The lowest BCUT2D eigenvalue weighted by molar-refractivity contribution is 0.195. The Labute approximate surface area is 136 Å². The third kappa shape index (κ3) is 3.67. The molecule has 0 N–H and O–H groups in total. The second-order valence-corrected chi connectivity index (χ2v) is 6.04. The molecular formula is C18H22FN3O. The van der Waals surface area contributed by atoms with Crippen LogP contribution in [0, 0.1) is 12.7 Å². The molecule has 1 aromatic carbocycles. The molecule has 0 radical (unpaired) electrons. The zero-order chi connectivity index (χ0) is 16.2. The summed E-state index contributed by atoms with van der Waals surface area (Å²) in [6, 6.07) is 7.32. The summed E-state index contributed by atoms with van der Waals surface area (Å²) in [4.78, 5) is 11.0. The lowest BCUT2D eigenvalue weighted by Crippen LogP contribution is -2.34. The van der Waals surface area contributed by atoms with E-state index in [0.717, 1.165) is 37.4 Å². The molecule has 3 rings (SSSR count). The van der Waals surface area contributed by atoms with Gasteiger partial charge in [-0.05, 0) is 38.4 Å². The molecule has 5 heteroatoms. The van der Waals surface area contributed by atoms with Crippen LogP contribution in [0.25, 0.3) is 0 Å². The molecule has 0 spiro atoms. The fourth-order valence-electron chi connectivity index (χ4n) is 3.22. The van der Waals surface area contributed by atoms with Crippen molar-refractivity contribution in [3.8, 4) is 5.75 Å². The van der Waals surface area contributed by atoms with E-state index >= 15 is 0 Å². The summed E-state index contributed by atoms with van der Waals surface area (Å²) in [6.07, 6.45) is 4.03. The van der Waals surface area contributed by atoms with E-state index in [2.05, 4.69) is 14.9 Å². The van der Waals surface area contributed by atoms with Gasteiger partial charge < -0.3 is 4.74 Å². The first-order valence-electron chi connectivity index (χ1n) is 8.00. The predicted octanol–water partition coefficient (Wildman–Crippen LogP) is 3.31. The number of ether oxygens (including phenoxy) is 1. The topological polar surface area (TPSA) is 38.2 Å². The van der Waals surface area contributed by atoms with Gasteiger partial charge in [0.05, 0.1) is 7.11 Å². The van der Waals surface area contributed by atoms with E-state index in [0.29, 0.717) is 23.8 Å². The van der Waals surface area contributed by atoms with Crippen molar-refractivity contribution in [3.63, 3.8) is 0 Å². The normalized spacial score (nSPS) is 18.8. The van der Waals surface area contributed by atoms with Crippen molar-refractivity contribution in [3.05, 3.63) is 53.4 Å². The molecule has 23 heavy (non-hydrogen) atoms. The van der Waals surface area contributed by atoms with Gasteiger partial charge in [0.2, 0.25) is 0 Å². The molecule has 2 aromatic rings. The maximum atomic E-state index is 14.3. The molecule has 0 saturated carbocycles. The van der Waals surface area contributed by atoms with Crippen LogP contribution in [0.5, 0.6) is 5.75 Å². The summed E-state index contributed by atoms with van der Waals surface area (Å²) >= 11 is 0. The smallest absolute Gasteiger partial charge is 0.169 e. The van der Waals surface area contributed by atoms with Gasteiger partial charge >= 0.3 is 0 Å². The van der Waals surface area contributed by atoms with Gasteiger partial charge in [-0.15, -0.1) is 0 Å². The average Bonchev–Trinajstić information content (AvgIpc) is 2.57. The number of hydrogen-bond donors (Lipinski definition) is 0. The van der Waals surface area contributed by atoms with Crippen LogP contribution in [0.15, 0.2) is 30.5 Å². The third-order valence-electron chi connectivity index (χ3n) is 4.38. The largest absolute Gasteiger partial charge is 0.494 e. The lowest BCUT2D eigenvalue weighted by Gasteiger charge is -2.32. The molecule has 0 aliphatic carbocycles.